The summed E-state index contributed by atoms with van der Waals surface area (Å²) in [6.45, 7) is 6.01. The molecule has 2 amide bonds. The Hall–Kier alpha value is -1.80. The third kappa shape index (κ3) is 2.36. The number of epoxide rings is 1. The fraction of sp³-hybridized carbons (Fsp3) is 0.643. The summed E-state index contributed by atoms with van der Waals surface area (Å²) in [4.78, 5) is 34.6. The number of amides is 2. The molecule has 2 aliphatic heterocycles. The van der Waals surface area contributed by atoms with Gasteiger partial charge in [-0.05, 0) is 25.3 Å². The van der Waals surface area contributed by atoms with Gasteiger partial charge in [0.15, 0.2) is 6.10 Å². The first kappa shape index (κ1) is 16.1. The predicted molar refractivity (Wildman–Crippen MR) is 75.9 cm³/mol. The highest BCUT2D eigenvalue weighted by Gasteiger charge is 2.76. The molecular weight excluding hydrogens is 330 g/mol. The minimum Gasteiger partial charge on any atom is -0.442 e. The average molecular weight is 346 g/mol. The van der Waals surface area contributed by atoms with E-state index in [4.69, 9.17) is 30.5 Å². The van der Waals surface area contributed by atoms with Crippen LogP contribution in [0.5, 0.6) is 0 Å². The normalized spacial score (nSPS) is 37.4. The predicted octanol–water partition coefficient (Wildman–Crippen LogP) is 1.26. The molecule has 23 heavy (non-hydrogen) atoms. The zero-order chi connectivity index (χ0) is 16.8. The van der Waals surface area contributed by atoms with Crippen LogP contribution in [0, 0.1) is 0 Å². The van der Waals surface area contributed by atoms with Gasteiger partial charge in [-0.2, -0.15) is 0 Å². The van der Waals surface area contributed by atoms with E-state index in [2.05, 4.69) is 6.58 Å². The number of alkyl carbamates (subject to hydrolysis) is 1. The second-order valence-electron chi connectivity index (χ2n) is 5.85. The highest BCUT2D eigenvalue weighted by Crippen LogP contribution is 2.57. The third-order valence-corrected chi connectivity index (χ3v) is 4.71. The molecule has 0 aromatic carbocycles. The number of fused-ring (bicyclic) bond motifs is 2. The monoisotopic (exact) mass is 345 g/mol. The number of nitrogens with one attached hydrogen (secondary N) is 1. The first-order valence-corrected chi connectivity index (χ1v) is 7.64. The molecular formula is C14H16ClNO7. The number of hydrogen-bond acceptors (Lipinski definition) is 7. The van der Waals surface area contributed by atoms with E-state index in [-0.39, 0.29) is 5.88 Å². The number of carbonyl (C=O) groups is 3. The topological polar surface area (TPSA) is 103 Å². The van der Waals surface area contributed by atoms with Crippen molar-refractivity contribution in [2.75, 3.05) is 12.5 Å². The summed E-state index contributed by atoms with van der Waals surface area (Å²) in [6, 6.07) is 0. The molecule has 0 aromatic rings. The maximum absolute atomic E-state index is 11.8. The Morgan fingerprint density at radius 2 is 2.22 bits per heavy atom. The number of imide groups is 1. The van der Waals surface area contributed by atoms with Gasteiger partial charge in [-0.25, -0.2) is 9.59 Å². The summed E-state index contributed by atoms with van der Waals surface area (Å²) < 4.78 is 21.4. The summed E-state index contributed by atoms with van der Waals surface area (Å²) in [6.07, 6.45) is -2.56. The van der Waals surface area contributed by atoms with Crippen molar-refractivity contribution in [2.45, 2.75) is 43.2 Å². The van der Waals surface area contributed by atoms with Gasteiger partial charge < -0.3 is 18.9 Å². The maximum Gasteiger partial charge on any atom is 0.509 e. The summed E-state index contributed by atoms with van der Waals surface area (Å²) in [7, 11) is 0. The molecule has 126 valence electrons. The van der Waals surface area contributed by atoms with Gasteiger partial charge in [0.2, 0.25) is 11.5 Å². The standard InChI is InChI=1S/C14H16ClNO7/c1-7(2)14-10(22-12(19)23-14)8(3-4-13(14)6-20-13)21-11(18)16-9(17)5-15/h8,10H,1,3-6H2,2H3,(H,16,17,18)/t8-,10-,13+,14-/m1/s1. The molecule has 1 N–H and O–H groups in total. The smallest absolute Gasteiger partial charge is 0.442 e. The van der Waals surface area contributed by atoms with Gasteiger partial charge in [0.05, 0.1) is 6.61 Å². The van der Waals surface area contributed by atoms with Crippen LogP contribution in [0.2, 0.25) is 0 Å². The van der Waals surface area contributed by atoms with Crippen molar-refractivity contribution < 1.29 is 33.3 Å². The van der Waals surface area contributed by atoms with Crippen LogP contribution in [-0.2, 0) is 23.7 Å². The molecule has 1 saturated carbocycles. The Labute approximate surface area is 137 Å². The van der Waals surface area contributed by atoms with Crippen molar-refractivity contribution in [1.82, 2.24) is 5.32 Å². The Bertz CT molecular complexity index is 588. The van der Waals surface area contributed by atoms with Crippen molar-refractivity contribution >= 4 is 29.8 Å². The molecule has 2 saturated heterocycles. The Balaban J connectivity index is 1.82. The number of hydrogen-bond donors (Lipinski definition) is 1. The van der Waals surface area contributed by atoms with Crippen molar-refractivity contribution in [3.8, 4) is 0 Å². The van der Waals surface area contributed by atoms with E-state index in [1.807, 2.05) is 5.32 Å². The van der Waals surface area contributed by atoms with Gasteiger partial charge in [-0.1, -0.05) is 6.58 Å². The van der Waals surface area contributed by atoms with Gasteiger partial charge in [0.1, 0.15) is 17.6 Å². The fourth-order valence-electron chi connectivity index (χ4n) is 3.40. The van der Waals surface area contributed by atoms with Crippen molar-refractivity contribution in [1.29, 1.82) is 0 Å². The lowest BCUT2D eigenvalue weighted by molar-refractivity contribution is -0.119. The lowest BCUT2D eigenvalue weighted by Gasteiger charge is -2.43. The number of ether oxygens (including phenoxy) is 4. The second kappa shape index (κ2) is 5.38. The molecule has 2 heterocycles. The highest BCUT2D eigenvalue weighted by molar-refractivity contribution is 6.28. The minimum atomic E-state index is -1.19. The lowest BCUT2D eigenvalue weighted by Crippen LogP contribution is -2.62. The van der Waals surface area contributed by atoms with Gasteiger partial charge in [-0.15, -0.1) is 11.6 Å². The van der Waals surface area contributed by atoms with Crippen LogP contribution in [0.25, 0.3) is 0 Å². The molecule has 1 spiro atoms. The Morgan fingerprint density at radius 1 is 1.52 bits per heavy atom. The van der Waals surface area contributed by atoms with Gasteiger partial charge >= 0.3 is 12.2 Å². The molecule has 1 aliphatic carbocycles. The van der Waals surface area contributed by atoms with E-state index in [1.165, 1.54) is 0 Å². The molecule has 3 rings (SSSR count). The Morgan fingerprint density at radius 3 is 2.78 bits per heavy atom. The molecule has 8 nitrogen and oxygen atoms in total. The van der Waals surface area contributed by atoms with E-state index < -0.39 is 41.6 Å². The van der Waals surface area contributed by atoms with Crippen LogP contribution in [-0.4, -0.2) is 54.1 Å². The molecule has 9 heteroatoms. The first-order valence-electron chi connectivity index (χ1n) is 7.10. The lowest BCUT2D eigenvalue weighted by atomic mass is 9.68. The molecule has 3 fully saturated rings. The van der Waals surface area contributed by atoms with Crippen LogP contribution < -0.4 is 5.32 Å². The molecule has 3 aliphatic rings. The summed E-state index contributed by atoms with van der Waals surface area (Å²) in [5, 5.41) is 1.98. The van der Waals surface area contributed by atoms with Crippen molar-refractivity contribution in [3.63, 3.8) is 0 Å². The van der Waals surface area contributed by atoms with Crippen LogP contribution in [0.15, 0.2) is 12.2 Å². The minimum absolute atomic E-state index is 0.367. The number of alkyl halides is 1. The maximum atomic E-state index is 11.8. The molecule has 0 aromatic heterocycles. The van der Waals surface area contributed by atoms with Crippen molar-refractivity contribution in [2.24, 2.45) is 0 Å². The SMILES string of the molecule is C=C(C)[C@@]12OC(=O)O[C@@H]1[C@H](OC(=O)NC(=O)CCl)CC[C@]21CO1. The fourth-order valence-corrected chi connectivity index (χ4v) is 3.47. The zero-order valence-corrected chi connectivity index (χ0v) is 13.2. The summed E-state index contributed by atoms with van der Waals surface area (Å²) in [5.74, 6) is -1.05. The van der Waals surface area contributed by atoms with Crippen LogP contribution in [0.4, 0.5) is 9.59 Å². The quantitative estimate of drug-likeness (QED) is 0.355. The summed E-state index contributed by atoms with van der Waals surface area (Å²) in [5.41, 5.74) is -1.32. The van der Waals surface area contributed by atoms with E-state index in [0.717, 1.165) is 0 Å². The van der Waals surface area contributed by atoms with Crippen molar-refractivity contribution in [3.05, 3.63) is 12.2 Å². The van der Waals surface area contributed by atoms with E-state index >= 15 is 0 Å². The van der Waals surface area contributed by atoms with Gasteiger partial charge in [0, 0.05) is 0 Å². The molecule has 4 atom stereocenters. The molecule has 0 radical (unpaired) electrons. The summed E-state index contributed by atoms with van der Waals surface area (Å²) >= 11 is 5.32. The number of rotatable bonds is 3. The van der Waals surface area contributed by atoms with E-state index in [1.54, 1.807) is 6.92 Å². The first-order chi connectivity index (χ1) is 10.8. The zero-order valence-electron chi connectivity index (χ0n) is 12.4. The number of carbonyl (C=O) groups excluding carboxylic acids is 3. The third-order valence-electron chi connectivity index (χ3n) is 4.46. The largest absolute Gasteiger partial charge is 0.509 e. The average Bonchev–Trinajstić information content (AvgIpc) is 3.17. The van der Waals surface area contributed by atoms with Crippen LogP contribution >= 0.6 is 11.6 Å². The van der Waals surface area contributed by atoms with E-state index in [9.17, 15) is 14.4 Å². The second-order valence-corrected chi connectivity index (χ2v) is 6.12. The highest BCUT2D eigenvalue weighted by atomic mass is 35.5. The molecule has 0 bridgehead atoms. The van der Waals surface area contributed by atoms with Gasteiger partial charge in [0.25, 0.3) is 0 Å². The van der Waals surface area contributed by atoms with Crippen LogP contribution in [0.1, 0.15) is 19.8 Å². The number of halogens is 1. The Kier molecular flexibility index (Phi) is 3.76. The van der Waals surface area contributed by atoms with Crippen LogP contribution in [0.3, 0.4) is 0 Å². The van der Waals surface area contributed by atoms with Gasteiger partial charge in [-0.3, -0.25) is 10.1 Å². The van der Waals surface area contributed by atoms with E-state index in [0.29, 0.717) is 25.0 Å². The molecule has 0 unspecified atom stereocenters.